The lowest BCUT2D eigenvalue weighted by molar-refractivity contribution is 0.179. The van der Waals surface area contributed by atoms with Crippen molar-refractivity contribution >= 4 is 5.96 Å². The molecule has 4 nitrogen and oxygen atoms in total. The first kappa shape index (κ1) is 16.5. The van der Waals surface area contributed by atoms with E-state index in [0.29, 0.717) is 30.9 Å². The summed E-state index contributed by atoms with van der Waals surface area (Å²) in [5, 5.41) is 3.13. The van der Waals surface area contributed by atoms with Crippen molar-refractivity contribution in [3.05, 3.63) is 35.9 Å². The molecule has 0 spiro atoms. The van der Waals surface area contributed by atoms with Crippen LogP contribution in [-0.2, 0) is 4.74 Å². The molecule has 0 aliphatic heterocycles. The highest BCUT2D eigenvalue weighted by molar-refractivity contribution is 5.78. The third kappa shape index (κ3) is 5.61. The Morgan fingerprint density at radius 3 is 2.45 bits per heavy atom. The molecular formula is C16H27N3O. The van der Waals surface area contributed by atoms with Crippen molar-refractivity contribution in [2.45, 2.75) is 32.7 Å². The van der Waals surface area contributed by atoms with Crippen molar-refractivity contribution < 1.29 is 4.74 Å². The van der Waals surface area contributed by atoms with E-state index in [1.807, 2.05) is 13.0 Å². The van der Waals surface area contributed by atoms with Gasteiger partial charge in [0, 0.05) is 25.6 Å². The van der Waals surface area contributed by atoms with Crippen LogP contribution in [0.5, 0.6) is 0 Å². The van der Waals surface area contributed by atoms with Gasteiger partial charge < -0.3 is 15.8 Å². The Balaban J connectivity index is 2.63. The summed E-state index contributed by atoms with van der Waals surface area (Å²) in [6, 6.07) is 10.6. The van der Waals surface area contributed by atoms with Gasteiger partial charge in [0.1, 0.15) is 0 Å². The molecule has 2 unspecified atom stereocenters. The highest BCUT2D eigenvalue weighted by atomic mass is 16.5. The predicted molar refractivity (Wildman–Crippen MR) is 85.0 cm³/mol. The summed E-state index contributed by atoms with van der Waals surface area (Å²) in [7, 11) is 1.68. The number of hydrogen-bond donors (Lipinski definition) is 2. The first-order chi connectivity index (χ1) is 9.54. The van der Waals surface area contributed by atoms with Gasteiger partial charge in [-0.1, -0.05) is 44.2 Å². The molecule has 0 saturated heterocycles. The molecule has 0 radical (unpaired) electrons. The van der Waals surface area contributed by atoms with Gasteiger partial charge in [-0.15, -0.1) is 0 Å². The second-order valence-corrected chi connectivity index (χ2v) is 5.49. The van der Waals surface area contributed by atoms with Gasteiger partial charge in [-0.2, -0.15) is 0 Å². The summed E-state index contributed by atoms with van der Waals surface area (Å²) in [5.74, 6) is 1.38. The zero-order valence-corrected chi connectivity index (χ0v) is 13.0. The fourth-order valence-electron chi connectivity index (χ4n) is 2.19. The third-order valence-electron chi connectivity index (χ3n) is 3.30. The molecule has 4 heteroatoms. The van der Waals surface area contributed by atoms with Crippen LogP contribution in [-0.4, -0.2) is 32.3 Å². The summed E-state index contributed by atoms with van der Waals surface area (Å²) >= 11 is 0. The molecule has 0 aliphatic rings. The predicted octanol–water partition coefficient (Wildman–Crippen LogP) is 2.37. The van der Waals surface area contributed by atoms with E-state index in [9.17, 15) is 0 Å². The number of methoxy groups -OCH3 is 1. The normalized spacial score (nSPS) is 15.2. The van der Waals surface area contributed by atoms with E-state index in [1.54, 1.807) is 7.11 Å². The monoisotopic (exact) mass is 277 g/mol. The van der Waals surface area contributed by atoms with Crippen LogP contribution in [0.25, 0.3) is 0 Å². The average molecular weight is 277 g/mol. The van der Waals surface area contributed by atoms with Gasteiger partial charge >= 0.3 is 0 Å². The molecule has 20 heavy (non-hydrogen) atoms. The number of benzene rings is 1. The second kappa shape index (κ2) is 8.59. The molecule has 0 heterocycles. The maximum Gasteiger partial charge on any atom is 0.188 e. The van der Waals surface area contributed by atoms with Crippen LogP contribution in [0, 0.1) is 5.92 Å². The molecule has 2 atom stereocenters. The molecule has 1 aromatic rings. The molecule has 0 bridgehead atoms. The van der Waals surface area contributed by atoms with Crippen molar-refractivity contribution in [1.29, 1.82) is 0 Å². The summed E-state index contributed by atoms with van der Waals surface area (Å²) in [5.41, 5.74) is 7.22. The first-order valence-electron chi connectivity index (χ1n) is 7.15. The lowest BCUT2D eigenvalue weighted by Gasteiger charge is -2.20. The summed E-state index contributed by atoms with van der Waals surface area (Å²) in [4.78, 5) is 4.47. The number of rotatable bonds is 7. The van der Waals surface area contributed by atoms with E-state index in [-0.39, 0.29) is 6.04 Å². The molecule has 1 aromatic carbocycles. The zero-order chi connectivity index (χ0) is 15.0. The van der Waals surface area contributed by atoms with Gasteiger partial charge in [-0.05, 0) is 18.4 Å². The molecule has 0 fully saturated rings. The Morgan fingerprint density at radius 1 is 1.25 bits per heavy atom. The largest absolute Gasteiger partial charge is 0.383 e. The quantitative estimate of drug-likeness (QED) is 0.594. The van der Waals surface area contributed by atoms with Crippen molar-refractivity contribution in [2.24, 2.45) is 16.6 Å². The van der Waals surface area contributed by atoms with Gasteiger partial charge in [0.05, 0.1) is 6.61 Å². The van der Waals surface area contributed by atoms with E-state index in [4.69, 9.17) is 10.5 Å². The smallest absolute Gasteiger partial charge is 0.188 e. The Kier molecular flexibility index (Phi) is 7.09. The first-order valence-corrected chi connectivity index (χ1v) is 7.15. The van der Waals surface area contributed by atoms with Crippen LogP contribution in [0.2, 0.25) is 0 Å². The molecule has 1 rings (SSSR count). The molecule has 0 saturated carbocycles. The Labute approximate surface area is 122 Å². The Hall–Kier alpha value is -1.55. The summed E-state index contributed by atoms with van der Waals surface area (Å²) in [6.07, 6.45) is 0. The van der Waals surface area contributed by atoms with Crippen LogP contribution in [0.1, 0.15) is 32.3 Å². The third-order valence-corrected chi connectivity index (χ3v) is 3.30. The molecule has 0 aliphatic carbocycles. The van der Waals surface area contributed by atoms with E-state index in [2.05, 4.69) is 48.4 Å². The van der Waals surface area contributed by atoms with Gasteiger partial charge in [0.2, 0.25) is 0 Å². The molecule has 0 amide bonds. The van der Waals surface area contributed by atoms with Gasteiger partial charge in [0.25, 0.3) is 0 Å². The summed E-state index contributed by atoms with van der Waals surface area (Å²) < 4.78 is 5.06. The Bertz CT molecular complexity index is 403. The van der Waals surface area contributed by atoms with Crippen LogP contribution in [0.15, 0.2) is 35.3 Å². The standard InChI is InChI=1S/C16H27N3O/c1-12(2)15(14-8-6-5-7-9-14)10-18-16(17)19-13(3)11-20-4/h5-9,12-13,15H,10-11H2,1-4H3,(H3,17,18,19). The highest BCUT2D eigenvalue weighted by Crippen LogP contribution is 2.24. The minimum absolute atomic E-state index is 0.165. The number of guanidine groups is 1. The number of nitrogens with zero attached hydrogens (tertiary/aromatic N) is 1. The fraction of sp³-hybridized carbons (Fsp3) is 0.562. The highest BCUT2D eigenvalue weighted by Gasteiger charge is 2.15. The van der Waals surface area contributed by atoms with Crippen LogP contribution in [0.4, 0.5) is 0 Å². The molecule has 3 N–H and O–H groups in total. The number of nitrogens with one attached hydrogen (secondary N) is 1. The molecule has 112 valence electrons. The van der Waals surface area contributed by atoms with E-state index < -0.39 is 0 Å². The van der Waals surface area contributed by atoms with Crippen LogP contribution < -0.4 is 11.1 Å². The van der Waals surface area contributed by atoms with Crippen LogP contribution in [0.3, 0.4) is 0 Å². The van der Waals surface area contributed by atoms with Crippen LogP contribution >= 0.6 is 0 Å². The molecule has 0 aromatic heterocycles. The topological polar surface area (TPSA) is 59.6 Å². The summed E-state index contributed by atoms with van der Waals surface area (Å²) in [6.45, 7) is 7.75. The van der Waals surface area contributed by atoms with Crippen molar-refractivity contribution in [3.8, 4) is 0 Å². The van der Waals surface area contributed by atoms with E-state index >= 15 is 0 Å². The number of hydrogen-bond acceptors (Lipinski definition) is 2. The van der Waals surface area contributed by atoms with Crippen molar-refractivity contribution in [1.82, 2.24) is 5.32 Å². The Morgan fingerprint density at radius 2 is 1.90 bits per heavy atom. The lowest BCUT2D eigenvalue weighted by Crippen LogP contribution is -2.41. The van der Waals surface area contributed by atoms with Crippen molar-refractivity contribution in [2.75, 3.05) is 20.3 Å². The second-order valence-electron chi connectivity index (χ2n) is 5.49. The van der Waals surface area contributed by atoms with Crippen molar-refractivity contribution in [3.63, 3.8) is 0 Å². The van der Waals surface area contributed by atoms with Gasteiger partial charge in [-0.25, -0.2) is 0 Å². The zero-order valence-electron chi connectivity index (χ0n) is 13.0. The SMILES string of the molecule is COCC(C)NC(N)=NCC(c1ccccc1)C(C)C. The average Bonchev–Trinajstić information content (AvgIpc) is 2.40. The lowest BCUT2D eigenvalue weighted by atomic mass is 9.88. The van der Waals surface area contributed by atoms with E-state index in [0.717, 1.165) is 0 Å². The minimum atomic E-state index is 0.165. The van der Waals surface area contributed by atoms with E-state index in [1.165, 1.54) is 5.56 Å². The minimum Gasteiger partial charge on any atom is -0.383 e. The number of nitrogens with two attached hydrogens (primary N) is 1. The van der Waals surface area contributed by atoms with Gasteiger partial charge in [0.15, 0.2) is 5.96 Å². The van der Waals surface area contributed by atoms with Gasteiger partial charge in [-0.3, -0.25) is 4.99 Å². The maximum absolute atomic E-state index is 5.91. The maximum atomic E-state index is 5.91. The fourth-order valence-corrected chi connectivity index (χ4v) is 2.19. The molecular weight excluding hydrogens is 250 g/mol. The number of ether oxygens (including phenoxy) is 1. The number of aliphatic imine (C=N–C) groups is 1.